The number of hydrogen-bond donors (Lipinski definition) is 0. The fourth-order valence-corrected chi connectivity index (χ4v) is 1.89. The van der Waals surface area contributed by atoms with Gasteiger partial charge in [0.05, 0.1) is 6.17 Å². The van der Waals surface area contributed by atoms with Gasteiger partial charge in [-0.3, -0.25) is 0 Å². The molecule has 0 saturated carbocycles. The second kappa shape index (κ2) is 4.70. The summed E-state index contributed by atoms with van der Waals surface area (Å²) >= 11 is 0. The Bertz CT molecular complexity index is 584. The van der Waals surface area contributed by atoms with E-state index in [0.717, 1.165) is 16.5 Å². The van der Waals surface area contributed by atoms with Crippen LogP contribution in [0.3, 0.4) is 0 Å². The Morgan fingerprint density at radius 1 is 1.35 bits per heavy atom. The fourth-order valence-electron chi connectivity index (χ4n) is 1.89. The maximum Gasteiger partial charge on any atom is 0.336 e. The highest BCUT2D eigenvalue weighted by molar-refractivity contribution is 5.80. The van der Waals surface area contributed by atoms with Crippen LogP contribution in [0.1, 0.15) is 24.5 Å². The molecule has 0 spiro atoms. The van der Waals surface area contributed by atoms with Crippen molar-refractivity contribution < 1.29 is 8.81 Å². The smallest absolute Gasteiger partial charge is 0.336 e. The quantitative estimate of drug-likeness (QED) is 0.762. The van der Waals surface area contributed by atoms with E-state index in [1.54, 1.807) is 6.92 Å². The molecule has 1 unspecified atom stereocenters. The van der Waals surface area contributed by atoms with Gasteiger partial charge in [0, 0.05) is 11.5 Å². The van der Waals surface area contributed by atoms with E-state index >= 15 is 0 Å². The topological polar surface area (TPSA) is 30.2 Å². The van der Waals surface area contributed by atoms with E-state index in [0.29, 0.717) is 18.4 Å². The Balaban J connectivity index is 2.40. The van der Waals surface area contributed by atoms with E-state index in [-0.39, 0.29) is 5.63 Å². The second-order valence-corrected chi connectivity index (χ2v) is 4.40. The molecule has 2 rings (SSSR count). The van der Waals surface area contributed by atoms with Crippen molar-refractivity contribution in [1.29, 1.82) is 0 Å². The molecular formula is C14H15FO2. The molecule has 0 fully saturated rings. The van der Waals surface area contributed by atoms with E-state index in [4.69, 9.17) is 4.42 Å². The second-order valence-electron chi connectivity index (χ2n) is 4.40. The zero-order valence-electron chi connectivity index (χ0n) is 10.00. The van der Waals surface area contributed by atoms with Crippen LogP contribution in [0.25, 0.3) is 11.0 Å². The van der Waals surface area contributed by atoms with Crippen molar-refractivity contribution >= 4 is 11.0 Å². The molecule has 0 radical (unpaired) electrons. The van der Waals surface area contributed by atoms with Crippen molar-refractivity contribution in [2.45, 2.75) is 32.9 Å². The minimum Gasteiger partial charge on any atom is -0.423 e. The van der Waals surface area contributed by atoms with Gasteiger partial charge in [-0.2, -0.15) is 0 Å². The van der Waals surface area contributed by atoms with Crippen molar-refractivity contribution in [2.75, 3.05) is 0 Å². The SMILES string of the molecule is Cc1cc(=O)oc2cc(CCC(C)F)ccc12. The first-order valence-electron chi connectivity index (χ1n) is 5.74. The van der Waals surface area contributed by atoms with Crippen LogP contribution in [0, 0.1) is 6.92 Å². The molecule has 0 amide bonds. The molecule has 17 heavy (non-hydrogen) atoms. The van der Waals surface area contributed by atoms with Crippen LogP contribution in [-0.2, 0) is 6.42 Å². The molecule has 2 nitrogen and oxygen atoms in total. The summed E-state index contributed by atoms with van der Waals surface area (Å²) in [5, 5.41) is 0.932. The van der Waals surface area contributed by atoms with Crippen LogP contribution >= 0.6 is 0 Å². The molecule has 1 atom stereocenters. The van der Waals surface area contributed by atoms with Crippen molar-refractivity contribution in [3.8, 4) is 0 Å². The Kier molecular flexibility index (Phi) is 3.27. The Morgan fingerprint density at radius 2 is 2.12 bits per heavy atom. The Morgan fingerprint density at radius 3 is 2.82 bits per heavy atom. The first kappa shape index (κ1) is 11.8. The predicted molar refractivity (Wildman–Crippen MR) is 66.1 cm³/mol. The van der Waals surface area contributed by atoms with Gasteiger partial charge in [0.1, 0.15) is 5.58 Å². The number of benzene rings is 1. The molecule has 3 heteroatoms. The lowest BCUT2D eigenvalue weighted by Crippen LogP contribution is -1.99. The molecule has 0 aliphatic heterocycles. The van der Waals surface area contributed by atoms with E-state index in [1.165, 1.54) is 6.07 Å². The number of halogens is 1. The molecule has 0 aliphatic carbocycles. The normalized spacial score (nSPS) is 12.9. The van der Waals surface area contributed by atoms with Gasteiger partial charge in [-0.05, 0) is 43.9 Å². The van der Waals surface area contributed by atoms with Crippen molar-refractivity contribution in [2.24, 2.45) is 0 Å². The monoisotopic (exact) mass is 234 g/mol. The molecule has 1 aromatic heterocycles. The van der Waals surface area contributed by atoms with Crippen molar-refractivity contribution in [1.82, 2.24) is 0 Å². The first-order chi connectivity index (χ1) is 8.06. The summed E-state index contributed by atoms with van der Waals surface area (Å²) in [6, 6.07) is 7.18. The van der Waals surface area contributed by atoms with Crippen LogP contribution in [0.2, 0.25) is 0 Å². The lowest BCUT2D eigenvalue weighted by atomic mass is 10.0. The molecule has 0 bridgehead atoms. The van der Waals surface area contributed by atoms with Crippen molar-refractivity contribution in [3.63, 3.8) is 0 Å². The maximum atomic E-state index is 12.8. The lowest BCUT2D eigenvalue weighted by Gasteiger charge is -2.05. The average Bonchev–Trinajstić information content (AvgIpc) is 2.25. The van der Waals surface area contributed by atoms with Gasteiger partial charge in [-0.1, -0.05) is 12.1 Å². The number of hydrogen-bond acceptors (Lipinski definition) is 2. The lowest BCUT2D eigenvalue weighted by molar-refractivity contribution is 0.341. The fraction of sp³-hybridized carbons (Fsp3) is 0.357. The highest BCUT2D eigenvalue weighted by Gasteiger charge is 2.05. The summed E-state index contributed by atoms with van der Waals surface area (Å²) in [5.41, 5.74) is 2.14. The minimum absolute atomic E-state index is 0.342. The third-order valence-corrected chi connectivity index (χ3v) is 2.85. The summed E-state index contributed by atoms with van der Waals surface area (Å²) < 4.78 is 17.9. The highest BCUT2D eigenvalue weighted by Crippen LogP contribution is 2.19. The molecule has 0 N–H and O–H groups in total. The van der Waals surface area contributed by atoms with E-state index in [2.05, 4.69) is 0 Å². The number of rotatable bonds is 3. The first-order valence-corrected chi connectivity index (χ1v) is 5.74. The van der Waals surface area contributed by atoms with Gasteiger partial charge in [0.15, 0.2) is 0 Å². The third-order valence-electron chi connectivity index (χ3n) is 2.85. The zero-order valence-corrected chi connectivity index (χ0v) is 10.00. The van der Waals surface area contributed by atoms with Crippen molar-refractivity contribution in [3.05, 3.63) is 45.8 Å². The standard InChI is InChI=1S/C14H15FO2/c1-9-7-14(16)17-13-8-11(4-3-10(2)15)5-6-12(9)13/h5-8,10H,3-4H2,1-2H3. The average molecular weight is 234 g/mol. The summed E-state index contributed by atoms with van der Waals surface area (Å²) in [5.74, 6) is 0. The largest absolute Gasteiger partial charge is 0.423 e. The predicted octanol–water partition coefficient (Wildman–Crippen LogP) is 3.39. The number of aryl methyl sites for hydroxylation is 2. The molecule has 1 heterocycles. The molecular weight excluding hydrogens is 219 g/mol. The Hall–Kier alpha value is -1.64. The highest BCUT2D eigenvalue weighted by atomic mass is 19.1. The molecule has 0 saturated heterocycles. The van der Waals surface area contributed by atoms with Gasteiger partial charge < -0.3 is 4.42 Å². The Labute approximate surface area is 99.1 Å². The van der Waals surface area contributed by atoms with E-state index < -0.39 is 6.17 Å². The summed E-state index contributed by atoms with van der Waals surface area (Å²) in [7, 11) is 0. The molecule has 2 aromatic rings. The zero-order chi connectivity index (χ0) is 12.4. The minimum atomic E-state index is -0.810. The number of alkyl halides is 1. The van der Waals surface area contributed by atoms with Crippen LogP contribution in [-0.4, -0.2) is 6.17 Å². The summed E-state index contributed by atoms with van der Waals surface area (Å²) in [6.45, 7) is 3.42. The van der Waals surface area contributed by atoms with Crippen LogP contribution in [0.5, 0.6) is 0 Å². The molecule has 0 aliphatic rings. The van der Waals surface area contributed by atoms with Crippen LogP contribution in [0.15, 0.2) is 33.5 Å². The van der Waals surface area contributed by atoms with Gasteiger partial charge in [0.25, 0.3) is 0 Å². The third kappa shape index (κ3) is 2.73. The van der Waals surface area contributed by atoms with Crippen LogP contribution in [0.4, 0.5) is 4.39 Å². The number of fused-ring (bicyclic) bond motifs is 1. The molecule has 1 aromatic carbocycles. The van der Waals surface area contributed by atoms with Crippen LogP contribution < -0.4 is 5.63 Å². The summed E-state index contributed by atoms with van der Waals surface area (Å²) in [4.78, 5) is 11.3. The van der Waals surface area contributed by atoms with E-state index in [1.807, 2.05) is 25.1 Å². The summed E-state index contributed by atoms with van der Waals surface area (Å²) in [6.07, 6.45) is 0.336. The maximum absolute atomic E-state index is 12.8. The van der Waals surface area contributed by atoms with Gasteiger partial charge in [-0.25, -0.2) is 9.18 Å². The van der Waals surface area contributed by atoms with E-state index in [9.17, 15) is 9.18 Å². The van der Waals surface area contributed by atoms with Gasteiger partial charge >= 0.3 is 5.63 Å². The van der Waals surface area contributed by atoms with Gasteiger partial charge in [-0.15, -0.1) is 0 Å². The van der Waals surface area contributed by atoms with Gasteiger partial charge in [0.2, 0.25) is 0 Å². The molecule has 90 valence electrons.